The molecule has 0 aliphatic rings. The van der Waals surface area contributed by atoms with Gasteiger partial charge in [0.15, 0.2) is 5.25 Å². The van der Waals surface area contributed by atoms with E-state index in [2.05, 4.69) is 6.92 Å². The van der Waals surface area contributed by atoms with Crippen LogP contribution < -0.4 is 0 Å². The molecule has 2 N–H and O–H groups in total. The number of carboxylic acid groups (broad SMARTS) is 1. The molecule has 0 rings (SSSR count). The summed E-state index contributed by atoms with van der Waals surface area (Å²) in [5, 5.41) is 6.68. The summed E-state index contributed by atoms with van der Waals surface area (Å²) in [4.78, 5) is 22.8. The standard InChI is InChI=1S/C20H38O7S/c1-3-5-6-7-8-9-10-11-12-13-15-17(14-4-2)27-20(23)18(16-19(21)22)28(24,25)26/h17-18H,3-16H2,1-2H3,(H,21,22)(H,24,25,26). The minimum atomic E-state index is -4.82. The number of hydrogen-bond acceptors (Lipinski definition) is 5. The summed E-state index contributed by atoms with van der Waals surface area (Å²) < 4.78 is 36.9. The van der Waals surface area contributed by atoms with Crippen molar-refractivity contribution in [3.05, 3.63) is 0 Å². The Morgan fingerprint density at radius 2 is 1.32 bits per heavy atom. The van der Waals surface area contributed by atoms with Crippen molar-refractivity contribution in [1.82, 2.24) is 0 Å². The van der Waals surface area contributed by atoms with Crippen molar-refractivity contribution in [2.24, 2.45) is 0 Å². The van der Waals surface area contributed by atoms with Gasteiger partial charge in [-0.05, 0) is 19.3 Å². The van der Waals surface area contributed by atoms with Crippen molar-refractivity contribution in [1.29, 1.82) is 0 Å². The fourth-order valence-corrected chi connectivity index (χ4v) is 3.80. The van der Waals surface area contributed by atoms with Crippen LogP contribution in [0.1, 0.15) is 104 Å². The highest BCUT2D eigenvalue weighted by atomic mass is 32.2. The first kappa shape index (κ1) is 26.9. The molecule has 8 heteroatoms. The lowest BCUT2D eigenvalue weighted by Crippen LogP contribution is -2.36. The summed E-state index contributed by atoms with van der Waals surface area (Å²) in [5.74, 6) is -2.67. The average Bonchev–Trinajstić information content (AvgIpc) is 2.60. The van der Waals surface area contributed by atoms with Gasteiger partial charge >= 0.3 is 11.9 Å². The van der Waals surface area contributed by atoms with Gasteiger partial charge in [0.25, 0.3) is 10.1 Å². The summed E-state index contributed by atoms with van der Waals surface area (Å²) in [6.07, 6.45) is 12.4. The molecular weight excluding hydrogens is 384 g/mol. The molecule has 0 aliphatic heterocycles. The summed E-state index contributed by atoms with van der Waals surface area (Å²) in [7, 11) is -4.82. The van der Waals surface area contributed by atoms with Gasteiger partial charge in [0, 0.05) is 0 Å². The highest BCUT2D eigenvalue weighted by Crippen LogP contribution is 2.17. The highest BCUT2D eigenvalue weighted by molar-refractivity contribution is 7.87. The van der Waals surface area contributed by atoms with Crippen molar-refractivity contribution in [2.75, 3.05) is 0 Å². The average molecular weight is 423 g/mol. The maximum Gasteiger partial charge on any atom is 0.327 e. The predicted molar refractivity (Wildman–Crippen MR) is 109 cm³/mol. The van der Waals surface area contributed by atoms with Crippen LogP contribution >= 0.6 is 0 Å². The molecule has 2 atom stereocenters. The Balaban J connectivity index is 4.23. The van der Waals surface area contributed by atoms with Gasteiger partial charge in [-0.1, -0.05) is 78.1 Å². The molecule has 7 nitrogen and oxygen atoms in total. The molecule has 0 radical (unpaired) electrons. The number of carbonyl (C=O) groups is 2. The topological polar surface area (TPSA) is 118 Å². The zero-order chi connectivity index (χ0) is 21.4. The summed E-state index contributed by atoms with van der Waals surface area (Å²) in [5.41, 5.74) is 0. The fraction of sp³-hybridized carbons (Fsp3) is 0.900. The van der Waals surface area contributed by atoms with Crippen LogP contribution in [-0.4, -0.2) is 41.4 Å². The smallest absolute Gasteiger partial charge is 0.327 e. The monoisotopic (exact) mass is 422 g/mol. The van der Waals surface area contributed by atoms with Crippen molar-refractivity contribution in [3.8, 4) is 0 Å². The van der Waals surface area contributed by atoms with Gasteiger partial charge in [-0.25, -0.2) is 0 Å². The summed E-state index contributed by atoms with van der Waals surface area (Å²) in [6, 6.07) is 0. The van der Waals surface area contributed by atoms with Gasteiger partial charge in [-0.2, -0.15) is 8.42 Å². The normalized spacial score (nSPS) is 13.8. The van der Waals surface area contributed by atoms with Crippen LogP contribution in [0.25, 0.3) is 0 Å². The Hall–Kier alpha value is -1.15. The van der Waals surface area contributed by atoms with Crippen molar-refractivity contribution in [3.63, 3.8) is 0 Å². The molecule has 0 aromatic rings. The first-order chi connectivity index (χ1) is 13.2. The molecule has 0 fully saturated rings. The van der Waals surface area contributed by atoms with Gasteiger partial charge in [-0.15, -0.1) is 0 Å². The first-order valence-electron chi connectivity index (χ1n) is 10.6. The lowest BCUT2D eigenvalue weighted by atomic mass is 10.0. The van der Waals surface area contributed by atoms with Crippen LogP contribution in [0, 0.1) is 0 Å². The Morgan fingerprint density at radius 1 is 0.821 bits per heavy atom. The number of rotatable bonds is 18. The molecule has 166 valence electrons. The number of carbonyl (C=O) groups excluding carboxylic acids is 1. The van der Waals surface area contributed by atoms with Crippen LogP contribution in [-0.2, 0) is 24.4 Å². The van der Waals surface area contributed by atoms with E-state index in [-0.39, 0.29) is 0 Å². The van der Waals surface area contributed by atoms with E-state index in [0.717, 1.165) is 25.7 Å². The van der Waals surface area contributed by atoms with Gasteiger partial charge in [0.2, 0.25) is 0 Å². The second kappa shape index (κ2) is 15.7. The quantitative estimate of drug-likeness (QED) is 0.186. The number of carboxylic acids is 1. The third-order valence-electron chi connectivity index (χ3n) is 4.76. The molecule has 0 bridgehead atoms. The third kappa shape index (κ3) is 13.9. The second-order valence-corrected chi connectivity index (χ2v) is 9.02. The molecule has 28 heavy (non-hydrogen) atoms. The van der Waals surface area contributed by atoms with Crippen molar-refractivity contribution >= 4 is 22.1 Å². The van der Waals surface area contributed by atoms with Crippen LogP contribution in [0.3, 0.4) is 0 Å². The third-order valence-corrected chi connectivity index (χ3v) is 5.83. The molecule has 0 aromatic carbocycles. The first-order valence-corrected chi connectivity index (χ1v) is 12.1. The van der Waals surface area contributed by atoms with E-state index >= 15 is 0 Å². The second-order valence-electron chi connectivity index (χ2n) is 7.42. The zero-order valence-corrected chi connectivity index (χ0v) is 18.2. The molecule has 0 aromatic heterocycles. The lowest BCUT2D eigenvalue weighted by molar-refractivity contribution is -0.152. The lowest BCUT2D eigenvalue weighted by Gasteiger charge is -2.20. The number of ether oxygens (including phenoxy) is 1. The highest BCUT2D eigenvalue weighted by Gasteiger charge is 2.36. The van der Waals surface area contributed by atoms with E-state index in [1.54, 1.807) is 0 Å². The van der Waals surface area contributed by atoms with Gasteiger partial charge < -0.3 is 9.84 Å². The molecule has 0 saturated carbocycles. The molecular formula is C20H38O7S. The Bertz CT molecular complexity index is 531. The van der Waals surface area contributed by atoms with E-state index in [0.29, 0.717) is 12.8 Å². The SMILES string of the molecule is CCCCCCCCCCCCC(CCC)OC(=O)C(CC(=O)O)S(=O)(=O)O. The Labute approximate surface area is 170 Å². The Kier molecular flexibility index (Phi) is 15.1. The molecule has 0 aliphatic carbocycles. The zero-order valence-electron chi connectivity index (χ0n) is 17.4. The summed E-state index contributed by atoms with van der Waals surface area (Å²) in [6.45, 7) is 4.13. The minimum Gasteiger partial charge on any atom is -0.481 e. The van der Waals surface area contributed by atoms with Crippen molar-refractivity contribution in [2.45, 2.75) is 115 Å². The largest absolute Gasteiger partial charge is 0.481 e. The molecule has 2 unspecified atom stereocenters. The van der Waals surface area contributed by atoms with E-state index in [1.165, 1.54) is 44.9 Å². The number of unbranched alkanes of at least 4 members (excludes halogenated alkanes) is 9. The van der Waals surface area contributed by atoms with Gasteiger partial charge in [-0.3, -0.25) is 14.1 Å². The van der Waals surface area contributed by atoms with Crippen LogP contribution in [0.2, 0.25) is 0 Å². The predicted octanol–water partition coefficient (Wildman–Crippen LogP) is 4.74. The van der Waals surface area contributed by atoms with E-state index in [4.69, 9.17) is 14.4 Å². The number of hydrogen-bond donors (Lipinski definition) is 2. The van der Waals surface area contributed by atoms with Crippen LogP contribution in [0.5, 0.6) is 0 Å². The van der Waals surface area contributed by atoms with Crippen LogP contribution in [0.15, 0.2) is 0 Å². The van der Waals surface area contributed by atoms with Crippen molar-refractivity contribution < 1.29 is 32.4 Å². The van der Waals surface area contributed by atoms with E-state index in [9.17, 15) is 18.0 Å². The van der Waals surface area contributed by atoms with Gasteiger partial charge in [0.1, 0.15) is 6.10 Å². The fourth-order valence-electron chi connectivity index (χ4n) is 3.15. The van der Waals surface area contributed by atoms with E-state index in [1.807, 2.05) is 6.92 Å². The van der Waals surface area contributed by atoms with Gasteiger partial charge in [0.05, 0.1) is 6.42 Å². The Morgan fingerprint density at radius 3 is 1.75 bits per heavy atom. The van der Waals surface area contributed by atoms with E-state index < -0.39 is 39.8 Å². The number of aliphatic carboxylic acids is 1. The molecule has 0 saturated heterocycles. The maximum atomic E-state index is 12.1. The molecule has 0 heterocycles. The summed E-state index contributed by atoms with van der Waals surface area (Å²) >= 11 is 0. The minimum absolute atomic E-state index is 0.454. The number of esters is 1. The van der Waals surface area contributed by atoms with Crippen LogP contribution in [0.4, 0.5) is 0 Å². The maximum absolute atomic E-state index is 12.1. The molecule has 0 amide bonds. The molecule has 0 spiro atoms.